The Morgan fingerprint density at radius 1 is 1.17 bits per heavy atom. The summed E-state index contributed by atoms with van der Waals surface area (Å²) < 4.78 is 0. The fourth-order valence-corrected chi connectivity index (χ4v) is 1.55. The molecule has 0 aromatic carbocycles. The van der Waals surface area contributed by atoms with Gasteiger partial charge < -0.3 is 10.0 Å². The van der Waals surface area contributed by atoms with E-state index in [-0.39, 0.29) is 0 Å². The lowest BCUT2D eigenvalue weighted by atomic mass is 10.00. The maximum atomic E-state index is 9.91. The highest BCUT2D eigenvalue weighted by molar-refractivity contribution is 4.75. The quantitative estimate of drug-likeness (QED) is 0.663. The molecular weight excluding hydrogens is 150 g/mol. The molecule has 1 atom stereocenters. The van der Waals surface area contributed by atoms with E-state index in [2.05, 4.69) is 25.7 Å². The van der Waals surface area contributed by atoms with Gasteiger partial charge in [0.25, 0.3) is 0 Å². The topological polar surface area (TPSA) is 23.5 Å². The second-order valence-corrected chi connectivity index (χ2v) is 3.71. The van der Waals surface area contributed by atoms with Gasteiger partial charge in [-0.1, -0.05) is 27.2 Å². The first-order chi connectivity index (χ1) is 5.55. The maximum Gasteiger partial charge on any atom is 0.0746 e. The Morgan fingerprint density at radius 2 is 1.67 bits per heavy atom. The van der Waals surface area contributed by atoms with Crippen molar-refractivity contribution < 1.29 is 5.11 Å². The van der Waals surface area contributed by atoms with Crippen LogP contribution in [0.2, 0.25) is 0 Å². The number of rotatable bonds is 6. The Kier molecular flexibility index (Phi) is 5.51. The van der Waals surface area contributed by atoms with Gasteiger partial charge in [0, 0.05) is 6.54 Å². The zero-order chi connectivity index (χ0) is 9.61. The van der Waals surface area contributed by atoms with E-state index in [1.54, 1.807) is 0 Å². The molecule has 74 valence electrons. The lowest BCUT2D eigenvalue weighted by Crippen LogP contribution is -2.40. The van der Waals surface area contributed by atoms with Gasteiger partial charge in [-0.3, -0.25) is 0 Å². The van der Waals surface area contributed by atoms with E-state index in [0.29, 0.717) is 0 Å². The third-order valence-corrected chi connectivity index (χ3v) is 2.25. The second-order valence-electron chi connectivity index (χ2n) is 3.71. The summed E-state index contributed by atoms with van der Waals surface area (Å²) in [4.78, 5) is 2.26. The zero-order valence-corrected chi connectivity index (χ0v) is 8.93. The largest absolute Gasteiger partial charge is 0.389 e. The van der Waals surface area contributed by atoms with Crippen molar-refractivity contribution in [2.75, 3.05) is 19.6 Å². The molecule has 0 aliphatic heterocycles. The molecule has 0 fully saturated rings. The van der Waals surface area contributed by atoms with Crippen LogP contribution in [0.5, 0.6) is 0 Å². The van der Waals surface area contributed by atoms with Crippen LogP contribution in [-0.2, 0) is 0 Å². The molecule has 12 heavy (non-hydrogen) atoms. The van der Waals surface area contributed by atoms with Crippen LogP contribution in [0, 0.1) is 0 Å². The van der Waals surface area contributed by atoms with Crippen molar-refractivity contribution in [1.29, 1.82) is 0 Å². The summed E-state index contributed by atoms with van der Waals surface area (Å²) in [7, 11) is 0. The van der Waals surface area contributed by atoms with Crippen molar-refractivity contribution in [3.8, 4) is 0 Å². The van der Waals surface area contributed by atoms with Gasteiger partial charge in [0.15, 0.2) is 0 Å². The predicted octanol–water partition coefficient (Wildman–Crippen LogP) is 1.88. The first-order valence-electron chi connectivity index (χ1n) is 5.00. The summed E-state index contributed by atoms with van der Waals surface area (Å²) in [6.07, 6.45) is 1.94. The molecule has 0 bridgehead atoms. The summed E-state index contributed by atoms with van der Waals surface area (Å²) in [6, 6.07) is 0. The molecule has 2 heteroatoms. The number of aliphatic hydroxyl groups is 1. The molecule has 0 aliphatic rings. The van der Waals surface area contributed by atoms with Gasteiger partial charge in [0.2, 0.25) is 0 Å². The average molecular weight is 173 g/mol. The minimum absolute atomic E-state index is 0.499. The fourth-order valence-electron chi connectivity index (χ4n) is 1.55. The maximum absolute atomic E-state index is 9.91. The Morgan fingerprint density at radius 3 is 2.00 bits per heavy atom. The van der Waals surface area contributed by atoms with E-state index in [9.17, 15) is 5.11 Å². The Balaban J connectivity index is 3.84. The van der Waals surface area contributed by atoms with Crippen LogP contribution in [0.15, 0.2) is 0 Å². The van der Waals surface area contributed by atoms with Gasteiger partial charge in [-0.05, 0) is 26.4 Å². The molecule has 0 amide bonds. The summed E-state index contributed by atoms with van der Waals surface area (Å²) in [5.41, 5.74) is -0.499. The molecule has 2 nitrogen and oxygen atoms in total. The smallest absolute Gasteiger partial charge is 0.0746 e. The summed E-state index contributed by atoms with van der Waals surface area (Å²) >= 11 is 0. The van der Waals surface area contributed by atoms with Gasteiger partial charge in [-0.15, -0.1) is 0 Å². The third-order valence-electron chi connectivity index (χ3n) is 2.25. The third kappa shape index (κ3) is 4.73. The first kappa shape index (κ1) is 11.9. The molecule has 0 aromatic rings. The lowest BCUT2D eigenvalue weighted by molar-refractivity contribution is 0.0145. The van der Waals surface area contributed by atoms with Crippen LogP contribution in [0.1, 0.15) is 40.5 Å². The van der Waals surface area contributed by atoms with Crippen molar-refractivity contribution in [3.05, 3.63) is 0 Å². The normalized spacial score (nSPS) is 16.5. The summed E-state index contributed by atoms with van der Waals surface area (Å²) in [5.74, 6) is 0. The fraction of sp³-hybridized carbons (Fsp3) is 1.00. The van der Waals surface area contributed by atoms with E-state index in [1.807, 2.05) is 6.92 Å². The molecule has 0 rings (SSSR count). The number of nitrogens with zero attached hydrogens (tertiary/aromatic N) is 1. The van der Waals surface area contributed by atoms with Crippen LogP contribution in [0.3, 0.4) is 0 Å². The highest BCUT2D eigenvalue weighted by atomic mass is 16.3. The van der Waals surface area contributed by atoms with Crippen LogP contribution in [0.25, 0.3) is 0 Å². The molecule has 1 unspecified atom stereocenters. The van der Waals surface area contributed by atoms with Gasteiger partial charge >= 0.3 is 0 Å². The number of likely N-dealkylation sites (N-methyl/N-ethyl adjacent to an activating group) is 1. The van der Waals surface area contributed by atoms with E-state index in [4.69, 9.17) is 0 Å². The molecule has 0 saturated carbocycles. The molecule has 0 radical (unpaired) electrons. The minimum Gasteiger partial charge on any atom is -0.389 e. The second kappa shape index (κ2) is 5.55. The Hall–Kier alpha value is -0.0800. The first-order valence-corrected chi connectivity index (χ1v) is 5.00. The van der Waals surface area contributed by atoms with E-state index in [1.165, 1.54) is 0 Å². The van der Waals surface area contributed by atoms with Crippen LogP contribution >= 0.6 is 0 Å². The highest BCUT2D eigenvalue weighted by Crippen LogP contribution is 2.13. The standard InChI is InChI=1S/C10H23NO/c1-5-8-10(4,12)9-11(6-2)7-3/h12H,5-9H2,1-4H3. The molecule has 1 N–H and O–H groups in total. The van der Waals surface area contributed by atoms with Crippen molar-refractivity contribution in [3.63, 3.8) is 0 Å². The van der Waals surface area contributed by atoms with Gasteiger partial charge in [-0.2, -0.15) is 0 Å². The number of hydrogen-bond acceptors (Lipinski definition) is 2. The Labute approximate surface area is 76.6 Å². The minimum atomic E-state index is -0.499. The molecule has 0 heterocycles. The molecule has 0 saturated heterocycles. The SMILES string of the molecule is CCCC(C)(O)CN(CC)CC. The van der Waals surface area contributed by atoms with E-state index in [0.717, 1.165) is 32.5 Å². The van der Waals surface area contributed by atoms with Crippen LogP contribution in [0.4, 0.5) is 0 Å². The van der Waals surface area contributed by atoms with Crippen molar-refractivity contribution in [1.82, 2.24) is 4.90 Å². The van der Waals surface area contributed by atoms with E-state index >= 15 is 0 Å². The van der Waals surface area contributed by atoms with Crippen LogP contribution in [-0.4, -0.2) is 35.2 Å². The van der Waals surface area contributed by atoms with Crippen molar-refractivity contribution in [2.24, 2.45) is 0 Å². The average Bonchev–Trinajstić information content (AvgIpc) is 2.00. The van der Waals surface area contributed by atoms with Crippen molar-refractivity contribution >= 4 is 0 Å². The lowest BCUT2D eigenvalue weighted by Gasteiger charge is -2.29. The highest BCUT2D eigenvalue weighted by Gasteiger charge is 2.21. The number of hydrogen-bond donors (Lipinski definition) is 1. The molecule has 0 aromatic heterocycles. The molecule has 0 aliphatic carbocycles. The van der Waals surface area contributed by atoms with Gasteiger partial charge in [-0.25, -0.2) is 0 Å². The van der Waals surface area contributed by atoms with E-state index < -0.39 is 5.60 Å². The predicted molar refractivity (Wildman–Crippen MR) is 53.3 cm³/mol. The molecule has 0 spiro atoms. The molecular formula is C10H23NO. The summed E-state index contributed by atoms with van der Waals surface area (Å²) in [6.45, 7) is 11.1. The summed E-state index contributed by atoms with van der Waals surface area (Å²) in [5, 5.41) is 9.91. The zero-order valence-electron chi connectivity index (χ0n) is 8.93. The van der Waals surface area contributed by atoms with Gasteiger partial charge in [0.05, 0.1) is 5.60 Å². The Bertz CT molecular complexity index is 108. The van der Waals surface area contributed by atoms with Gasteiger partial charge in [0.1, 0.15) is 0 Å². The van der Waals surface area contributed by atoms with Crippen LogP contribution < -0.4 is 0 Å². The monoisotopic (exact) mass is 173 g/mol. The van der Waals surface area contributed by atoms with Crippen molar-refractivity contribution in [2.45, 2.75) is 46.1 Å².